The second-order valence-corrected chi connectivity index (χ2v) is 10.5. The van der Waals surface area contributed by atoms with Crippen molar-refractivity contribution in [3.63, 3.8) is 0 Å². The number of benzene rings is 2. The molecule has 2 heterocycles. The number of hydrogen-bond donors (Lipinski definition) is 4. The molecule has 46 heavy (non-hydrogen) atoms. The molecule has 13 nitrogen and oxygen atoms in total. The van der Waals surface area contributed by atoms with E-state index in [-0.39, 0.29) is 45.4 Å². The average molecular weight is 626 g/mol. The van der Waals surface area contributed by atoms with E-state index < -0.39 is 30.2 Å². The van der Waals surface area contributed by atoms with Crippen LogP contribution in [-0.4, -0.2) is 42.3 Å². The van der Waals surface area contributed by atoms with Crippen LogP contribution in [0.4, 0.5) is 5.69 Å². The van der Waals surface area contributed by atoms with Crippen LogP contribution in [0.2, 0.25) is 0 Å². The number of nitrogens with zero attached hydrogens (tertiary/aromatic N) is 1. The summed E-state index contributed by atoms with van der Waals surface area (Å²) in [6.07, 6.45) is 3.58. The molecule has 1 aliphatic rings. The molecule has 5 N–H and O–H groups in total. The lowest BCUT2D eigenvalue weighted by Crippen LogP contribution is -2.27. The topological polar surface area (TPSA) is 200 Å². The van der Waals surface area contributed by atoms with Crippen molar-refractivity contribution in [3.8, 4) is 16.9 Å². The van der Waals surface area contributed by atoms with E-state index in [1.807, 2.05) is 0 Å². The maximum atomic E-state index is 13.8. The van der Waals surface area contributed by atoms with Crippen LogP contribution in [0.25, 0.3) is 17.2 Å². The summed E-state index contributed by atoms with van der Waals surface area (Å²) in [5.74, 6) is -2.12. The molecule has 0 aliphatic heterocycles. The Hall–Kier alpha value is -5.98. The maximum absolute atomic E-state index is 13.8. The number of amidine groups is 1. The third-order valence-electron chi connectivity index (χ3n) is 7.32. The Morgan fingerprint density at radius 2 is 1.83 bits per heavy atom. The van der Waals surface area contributed by atoms with Crippen molar-refractivity contribution in [3.05, 3.63) is 105 Å². The van der Waals surface area contributed by atoms with Gasteiger partial charge in [0.25, 0.3) is 11.8 Å². The number of aryl methyl sites for hydroxylation is 1. The van der Waals surface area contributed by atoms with Gasteiger partial charge in [0.05, 0.1) is 7.11 Å². The highest BCUT2D eigenvalue weighted by Gasteiger charge is 2.27. The summed E-state index contributed by atoms with van der Waals surface area (Å²) in [7, 11) is 1.45. The molecule has 2 aromatic carbocycles. The Bertz CT molecular complexity index is 1900. The van der Waals surface area contributed by atoms with Crippen LogP contribution in [0.1, 0.15) is 66.8 Å². The predicted octanol–water partition coefficient (Wildman–Crippen LogP) is 4.29. The number of amides is 2. The van der Waals surface area contributed by atoms with Gasteiger partial charge >= 0.3 is 11.8 Å². The molecular formula is C33H31N5O8. The van der Waals surface area contributed by atoms with Crippen LogP contribution >= 0.6 is 0 Å². The smallest absolute Gasteiger partial charge is 0.496 e. The zero-order valence-electron chi connectivity index (χ0n) is 25.1. The minimum absolute atomic E-state index is 0.00564. The average Bonchev–Trinajstić information content (AvgIpc) is 3.83. The van der Waals surface area contributed by atoms with E-state index in [1.54, 1.807) is 36.4 Å². The van der Waals surface area contributed by atoms with E-state index >= 15 is 0 Å². The van der Waals surface area contributed by atoms with E-state index in [0.717, 1.165) is 12.8 Å². The summed E-state index contributed by atoms with van der Waals surface area (Å²) in [6.45, 7) is 5.33. The van der Waals surface area contributed by atoms with Crippen molar-refractivity contribution in [2.45, 2.75) is 26.4 Å². The normalized spacial score (nSPS) is 12.2. The van der Waals surface area contributed by atoms with Crippen molar-refractivity contribution in [1.29, 1.82) is 5.41 Å². The van der Waals surface area contributed by atoms with E-state index in [9.17, 15) is 19.2 Å². The molecule has 4 aromatic rings. The molecule has 5 rings (SSSR count). The van der Waals surface area contributed by atoms with Crippen LogP contribution in [0.5, 0.6) is 5.75 Å². The van der Waals surface area contributed by atoms with E-state index in [2.05, 4.69) is 22.2 Å². The number of nitrogen functional groups attached to an aromatic ring is 1. The number of rotatable bonds is 12. The Balaban J connectivity index is 1.57. The zero-order chi connectivity index (χ0) is 33.0. The first kappa shape index (κ1) is 31.4. The first-order valence-electron chi connectivity index (χ1n) is 14.2. The first-order chi connectivity index (χ1) is 22.1. The summed E-state index contributed by atoms with van der Waals surface area (Å²) in [6, 6.07) is 12.4. The number of nitrogens with two attached hydrogens (primary N) is 1. The summed E-state index contributed by atoms with van der Waals surface area (Å²) in [5.41, 5.74) is 7.20. The molecule has 13 heteroatoms. The fourth-order valence-corrected chi connectivity index (χ4v) is 4.59. The van der Waals surface area contributed by atoms with E-state index in [0.29, 0.717) is 35.0 Å². The number of methoxy groups -OCH3 is 1. The van der Waals surface area contributed by atoms with Crippen molar-refractivity contribution in [2.24, 2.45) is 11.7 Å². The number of pyridine rings is 1. The molecule has 1 aliphatic carbocycles. The molecule has 0 saturated heterocycles. The van der Waals surface area contributed by atoms with Gasteiger partial charge in [-0.15, -0.1) is 0 Å². The second-order valence-electron chi connectivity index (χ2n) is 10.5. The fourth-order valence-electron chi connectivity index (χ4n) is 4.59. The largest absolute Gasteiger partial charge is 0.519 e. The SMILES string of the molecule is C=Cc1cc(C(=O)Nc2ccc(C(=N)N)cc2)c(-c2ccc(C(=O)NCC3CC3)nc2C(=O)OCc2oc(=O)oc2C)cc1OC. The van der Waals surface area contributed by atoms with E-state index in [1.165, 1.54) is 32.2 Å². The van der Waals surface area contributed by atoms with Gasteiger partial charge in [0.2, 0.25) is 0 Å². The van der Waals surface area contributed by atoms with Gasteiger partial charge in [-0.05, 0) is 74.2 Å². The molecule has 0 radical (unpaired) electrons. The van der Waals surface area contributed by atoms with E-state index in [4.69, 9.17) is 29.5 Å². The van der Waals surface area contributed by atoms with Gasteiger partial charge in [-0.2, -0.15) is 0 Å². The number of ether oxygens (including phenoxy) is 2. The summed E-state index contributed by atoms with van der Waals surface area (Å²) < 4.78 is 20.8. The van der Waals surface area contributed by atoms with Gasteiger partial charge in [-0.3, -0.25) is 15.0 Å². The highest BCUT2D eigenvalue weighted by atomic mass is 16.6. The standard InChI is InChI=1S/C33H31N5O8/c1-4-19-13-24(30(39)37-21-9-7-20(8-10-21)29(34)35)23(14-26(19)43-3)22-11-12-25(31(40)36-15-18-5-6-18)38-28(22)32(41)44-16-27-17(2)45-33(42)46-27/h4,7-14,18H,1,5-6,15-16H2,2-3H3,(H3,34,35)(H,36,40)(H,37,39). The molecule has 1 fully saturated rings. The van der Waals surface area contributed by atoms with Crippen LogP contribution in [0.15, 0.2) is 68.7 Å². The Morgan fingerprint density at radius 3 is 2.43 bits per heavy atom. The van der Waals surface area contributed by atoms with Crippen LogP contribution in [-0.2, 0) is 11.3 Å². The highest BCUT2D eigenvalue weighted by molar-refractivity contribution is 6.11. The molecule has 0 unspecified atom stereocenters. The number of carbonyl (C=O) groups is 3. The quantitative estimate of drug-likeness (QED) is 0.1000. The second kappa shape index (κ2) is 13.3. The number of hydrogen-bond acceptors (Lipinski definition) is 10. The first-order valence-corrected chi connectivity index (χ1v) is 14.2. The molecule has 2 amide bonds. The summed E-state index contributed by atoms with van der Waals surface area (Å²) in [4.78, 5) is 56.1. The molecule has 2 aromatic heterocycles. The number of esters is 1. The van der Waals surface area contributed by atoms with Crippen LogP contribution < -0.4 is 26.9 Å². The molecule has 0 bridgehead atoms. The lowest BCUT2D eigenvalue weighted by molar-refractivity contribution is 0.0436. The summed E-state index contributed by atoms with van der Waals surface area (Å²) >= 11 is 0. The van der Waals surface area contributed by atoms with Crippen LogP contribution in [0, 0.1) is 18.3 Å². The van der Waals surface area contributed by atoms with Crippen molar-refractivity contribution < 1.29 is 32.7 Å². The van der Waals surface area contributed by atoms with Gasteiger partial charge in [-0.25, -0.2) is 14.6 Å². The van der Waals surface area contributed by atoms with Gasteiger partial charge in [0, 0.05) is 40.0 Å². The Morgan fingerprint density at radius 1 is 1.09 bits per heavy atom. The predicted molar refractivity (Wildman–Crippen MR) is 168 cm³/mol. The maximum Gasteiger partial charge on any atom is 0.519 e. The summed E-state index contributed by atoms with van der Waals surface area (Å²) in [5, 5.41) is 13.2. The zero-order valence-corrected chi connectivity index (χ0v) is 25.1. The van der Waals surface area contributed by atoms with Gasteiger partial charge in [0.15, 0.2) is 23.8 Å². The lowest BCUT2D eigenvalue weighted by Gasteiger charge is -2.17. The highest BCUT2D eigenvalue weighted by Crippen LogP contribution is 2.35. The minimum Gasteiger partial charge on any atom is -0.496 e. The third-order valence-corrected chi connectivity index (χ3v) is 7.32. The van der Waals surface area contributed by atoms with Crippen LogP contribution in [0.3, 0.4) is 0 Å². The van der Waals surface area contributed by atoms with Crippen molar-refractivity contribution in [1.82, 2.24) is 10.3 Å². The molecule has 0 spiro atoms. The van der Waals surface area contributed by atoms with Gasteiger partial charge in [-0.1, -0.05) is 12.7 Å². The van der Waals surface area contributed by atoms with Crippen molar-refractivity contribution in [2.75, 3.05) is 19.0 Å². The number of aromatic nitrogens is 1. The molecular weight excluding hydrogens is 594 g/mol. The monoisotopic (exact) mass is 625 g/mol. The number of nitrogens with one attached hydrogen (secondary N) is 3. The van der Waals surface area contributed by atoms with Gasteiger partial charge < -0.3 is 34.7 Å². The van der Waals surface area contributed by atoms with Crippen molar-refractivity contribution >= 4 is 35.4 Å². The molecule has 0 atom stereocenters. The fraction of sp³-hybridized carbons (Fsp3) is 0.212. The number of carbonyl (C=O) groups excluding carboxylic acids is 3. The molecule has 1 saturated carbocycles. The minimum atomic E-state index is -0.951. The number of anilines is 1. The Kier molecular flexibility index (Phi) is 9.12. The molecule has 236 valence electrons. The van der Waals surface area contributed by atoms with Gasteiger partial charge in [0.1, 0.15) is 17.3 Å². The Labute approximate surface area is 262 Å². The third kappa shape index (κ3) is 7.04. The lowest BCUT2D eigenvalue weighted by atomic mass is 9.94.